The molecule has 0 aromatic heterocycles. The SMILES string of the molecule is COc1ccc(OCC#N)c(SCC#N)c1. The molecule has 0 fully saturated rings. The summed E-state index contributed by atoms with van der Waals surface area (Å²) in [7, 11) is 1.57. The zero-order valence-electron chi connectivity index (χ0n) is 8.77. The van der Waals surface area contributed by atoms with Crippen LogP contribution in [0, 0.1) is 22.7 Å². The first kappa shape index (κ1) is 12.2. The first-order valence-electron chi connectivity index (χ1n) is 4.49. The molecule has 82 valence electrons. The topological polar surface area (TPSA) is 66.0 Å². The number of hydrogen-bond acceptors (Lipinski definition) is 5. The lowest BCUT2D eigenvalue weighted by Crippen LogP contribution is -1.96. The van der Waals surface area contributed by atoms with Crippen LogP contribution < -0.4 is 9.47 Å². The summed E-state index contributed by atoms with van der Waals surface area (Å²) in [5.74, 6) is 1.63. The number of nitrogens with zero attached hydrogens (tertiary/aromatic N) is 2. The summed E-state index contributed by atoms with van der Waals surface area (Å²) in [4.78, 5) is 0.802. The Labute approximate surface area is 98.4 Å². The van der Waals surface area contributed by atoms with E-state index in [-0.39, 0.29) is 6.61 Å². The average Bonchev–Trinajstić information content (AvgIpc) is 2.34. The molecule has 0 saturated carbocycles. The minimum Gasteiger partial charge on any atom is -0.497 e. The third-order valence-corrected chi connectivity index (χ3v) is 2.64. The molecule has 1 rings (SSSR count). The monoisotopic (exact) mass is 234 g/mol. The van der Waals surface area contributed by atoms with Crippen LogP contribution in [0.15, 0.2) is 23.1 Å². The highest BCUT2D eigenvalue weighted by Crippen LogP contribution is 2.32. The molecule has 0 atom stereocenters. The van der Waals surface area contributed by atoms with Crippen LogP contribution in [-0.2, 0) is 0 Å². The van der Waals surface area contributed by atoms with Gasteiger partial charge in [0.15, 0.2) is 6.61 Å². The summed E-state index contributed by atoms with van der Waals surface area (Å²) in [6, 6.07) is 9.21. The van der Waals surface area contributed by atoms with Crippen LogP contribution in [0.5, 0.6) is 11.5 Å². The van der Waals surface area contributed by atoms with Crippen LogP contribution >= 0.6 is 11.8 Å². The lowest BCUT2D eigenvalue weighted by molar-refractivity contribution is 0.356. The largest absolute Gasteiger partial charge is 0.497 e. The van der Waals surface area contributed by atoms with E-state index in [1.165, 1.54) is 11.8 Å². The van der Waals surface area contributed by atoms with Crippen LogP contribution in [0.25, 0.3) is 0 Å². The number of thioether (sulfide) groups is 1. The highest BCUT2D eigenvalue weighted by molar-refractivity contribution is 7.99. The molecule has 0 amide bonds. The lowest BCUT2D eigenvalue weighted by atomic mass is 10.3. The first-order chi connectivity index (χ1) is 7.81. The van der Waals surface area contributed by atoms with Crippen molar-refractivity contribution >= 4 is 11.8 Å². The Morgan fingerprint density at radius 1 is 1.31 bits per heavy atom. The first-order valence-corrected chi connectivity index (χ1v) is 5.48. The molecule has 5 heteroatoms. The van der Waals surface area contributed by atoms with Crippen LogP contribution in [0.1, 0.15) is 0 Å². The van der Waals surface area contributed by atoms with E-state index < -0.39 is 0 Å². The van der Waals surface area contributed by atoms with Gasteiger partial charge in [0.05, 0.1) is 23.8 Å². The van der Waals surface area contributed by atoms with E-state index in [2.05, 4.69) is 0 Å². The quantitative estimate of drug-likeness (QED) is 0.731. The standard InChI is InChI=1S/C11H10N2O2S/c1-14-9-2-3-10(15-6-4-12)11(8-9)16-7-5-13/h2-3,8H,6-7H2,1H3. The molecule has 0 radical (unpaired) electrons. The summed E-state index contributed by atoms with van der Waals surface area (Å²) in [6.45, 7) is -0.00750. The molecule has 0 bridgehead atoms. The number of hydrogen-bond donors (Lipinski definition) is 0. The Hall–Kier alpha value is -1.85. The predicted molar refractivity (Wildman–Crippen MR) is 60.4 cm³/mol. The van der Waals surface area contributed by atoms with Crippen molar-refractivity contribution < 1.29 is 9.47 Å². The molecular formula is C11H10N2O2S. The maximum absolute atomic E-state index is 8.53. The number of ether oxygens (including phenoxy) is 2. The van der Waals surface area contributed by atoms with E-state index in [0.717, 1.165) is 4.90 Å². The Morgan fingerprint density at radius 2 is 2.12 bits per heavy atom. The zero-order chi connectivity index (χ0) is 11.8. The molecule has 1 aromatic rings. The third-order valence-electron chi connectivity index (χ3n) is 1.74. The highest BCUT2D eigenvalue weighted by Gasteiger charge is 2.06. The van der Waals surface area contributed by atoms with Crippen molar-refractivity contribution in [1.29, 1.82) is 10.5 Å². The molecule has 0 N–H and O–H groups in total. The molecular weight excluding hydrogens is 224 g/mol. The maximum Gasteiger partial charge on any atom is 0.174 e. The second-order valence-electron chi connectivity index (χ2n) is 2.71. The van der Waals surface area contributed by atoms with E-state index in [0.29, 0.717) is 17.3 Å². The molecule has 0 aliphatic heterocycles. The molecule has 0 unspecified atom stereocenters. The van der Waals surface area contributed by atoms with Crippen molar-refractivity contribution in [3.63, 3.8) is 0 Å². The van der Waals surface area contributed by atoms with Gasteiger partial charge in [-0.15, -0.1) is 11.8 Å². The minimum atomic E-state index is -0.00750. The van der Waals surface area contributed by atoms with E-state index in [9.17, 15) is 0 Å². The van der Waals surface area contributed by atoms with Crippen LogP contribution in [0.3, 0.4) is 0 Å². The molecule has 4 nitrogen and oxygen atoms in total. The van der Waals surface area contributed by atoms with Gasteiger partial charge in [-0.05, 0) is 18.2 Å². The normalized spacial score (nSPS) is 8.94. The van der Waals surface area contributed by atoms with Crippen LogP contribution in [0.4, 0.5) is 0 Å². The van der Waals surface area contributed by atoms with Crippen molar-refractivity contribution in [2.75, 3.05) is 19.5 Å². The van der Waals surface area contributed by atoms with Gasteiger partial charge in [0.1, 0.15) is 17.6 Å². The van der Waals surface area contributed by atoms with Gasteiger partial charge < -0.3 is 9.47 Å². The third kappa shape index (κ3) is 3.38. The predicted octanol–water partition coefficient (Wildman–Crippen LogP) is 2.21. The van der Waals surface area contributed by atoms with Gasteiger partial charge in [0.2, 0.25) is 0 Å². The fourth-order valence-corrected chi connectivity index (χ4v) is 1.76. The molecule has 16 heavy (non-hydrogen) atoms. The number of benzene rings is 1. The Bertz CT molecular complexity index is 435. The van der Waals surface area contributed by atoms with E-state index in [1.807, 2.05) is 12.1 Å². The Balaban J connectivity index is 2.88. The van der Waals surface area contributed by atoms with Crippen molar-refractivity contribution in [3.8, 4) is 23.6 Å². The fraction of sp³-hybridized carbons (Fsp3) is 0.273. The van der Waals surface area contributed by atoms with Crippen molar-refractivity contribution in [1.82, 2.24) is 0 Å². The number of methoxy groups -OCH3 is 1. The number of nitriles is 2. The van der Waals surface area contributed by atoms with Gasteiger partial charge in [0.25, 0.3) is 0 Å². The summed E-state index contributed by atoms with van der Waals surface area (Å²) in [6.07, 6.45) is 0. The molecule has 1 aromatic carbocycles. The molecule has 0 aliphatic rings. The molecule has 0 saturated heterocycles. The smallest absolute Gasteiger partial charge is 0.174 e. The summed E-state index contributed by atoms with van der Waals surface area (Å²) < 4.78 is 10.3. The maximum atomic E-state index is 8.53. The van der Waals surface area contributed by atoms with Crippen molar-refractivity contribution in [2.24, 2.45) is 0 Å². The van der Waals surface area contributed by atoms with Gasteiger partial charge in [-0.1, -0.05) is 0 Å². The van der Waals surface area contributed by atoms with Crippen molar-refractivity contribution in [2.45, 2.75) is 4.90 Å². The lowest BCUT2D eigenvalue weighted by Gasteiger charge is -2.09. The minimum absolute atomic E-state index is 0.00750. The number of rotatable bonds is 5. The summed E-state index contributed by atoms with van der Waals surface area (Å²) in [5, 5.41) is 17.0. The van der Waals surface area contributed by atoms with Crippen LogP contribution in [-0.4, -0.2) is 19.5 Å². The van der Waals surface area contributed by atoms with Crippen LogP contribution in [0.2, 0.25) is 0 Å². The zero-order valence-corrected chi connectivity index (χ0v) is 9.58. The van der Waals surface area contributed by atoms with E-state index in [1.54, 1.807) is 25.3 Å². The molecule has 0 heterocycles. The second-order valence-corrected chi connectivity index (χ2v) is 3.72. The summed E-state index contributed by atoms with van der Waals surface area (Å²) >= 11 is 1.35. The second kappa shape index (κ2) is 6.60. The average molecular weight is 234 g/mol. The highest BCUT2D eigenvalue weighted by atomic mass is 32.2. The summed E-state index contributed by atoms with van der Waals surface area (Å²) in [5.41, 5.74) is 0. The van der Waals surface area contributed by atoms with Gasteiger partial charge in [0, 0.05) is 0 Å². The van der Waals surface area contributed by atoms with Gasteiger partial charge in [-0.3, -0.25) is 0 Å². The van der Waals surface area contributed by atoms with Crippen molar-refractivity contribution in [3.05, 3.63) is 18.2 Å². The van der Waals surface area contributed by atoms with Gasteiger partial charge >= 0.3 is 0 Å². The Morgan fingerprint density at radius 3 is 2.75 bits per heavy atom. The van der Waals surface area contributed by atoms with Gasteiger partial charge in [-0.25, -0.2) is 0 Å². The Kier molecular flexibility index (Phi) is 5.04. The fourth-order valence-electron chi connectivity index (χ4n) is 1.07. The van der Waals surface area contributed by atoms with E-state index in [4.69, 9.17) is 20.0 Å². The molecule has 0 spiro atoms. The molecule has 0 aliphatic carbocycles. The van der Waals surface area contributed by atoms with E-state index >= 15 is 0 Å². The van der Waals surface area contributed by atoms with Gasteiger partial charge in [-0.2, -0.15) is 10.5 Å².